The maximum absolute atomic E-state index is 14.3. The van der Waals surface area contributed by atoms with Gasteiger partial charge in [-0.2, -0.15) is 13.2 Å². The van der Waals surface area contributed by atoms with Crippen molar-refractivity contribution in [2.75, 3.05) is 25.0 Å². The first-order chi connectivity index (χ1) is 18.1. The topological polar surface area (TPSA) is 44.2 Å². The van der Waals surface area contributed by atoms with Gasteiger partial charge in [-0.3, -0.25) is 0 Å². The van der Waals surface area contributed by atoms with E-state index < -0.39 is 11.7 Å². The zero-order valence-corrected chi connectivity index (χ0v) is 21.8. The monoisotopic (exact) mass is 531 g/mol. The summed E-state index contributed by atoms with van der Waals surface area (Å²) in [6.07, 6.45) is 8.64. The molecule has 4 atom stereocenters. The predicted octanol–water partition coefficient (Wildman–Crippen LogP) is 6.23. The Bertz CT molecular complexity index is 1190. The number of rotatable bonds is 4. The largest absolute Gasteiger partial charge is 0.474 e. The van der Waals surface area contributed by atoms with E-state index >= 15 is 0 Å². The van der Waals surface area contributed by atoms with Crippen LogP contribution >= 0.6 is 0 Å². The van der Waals surface area contributed by atoms with Gasteiger partial charge < -0.3 is 9.64 Å². The Hall–Kier alpha value is -3.14. The summed E-state index contributed by atoms with van der Waals surface area (Å²) in [6, 6.07) is 2.36. The molecule has 0 N–H and O–H groups in total. The fourth-order valence-electron chi connectivity index (χ4n) is 5.59. The molecule has 10 heteroatoms. The van der Waals surface area contributed by atoms with E-state index in [1.807, 2.05) is 30.0 Å². The molecule has 1 aromatic rings. The van der Waals surface area contributed by atoms with E-state index in [-0.39, 0.29) is 29.8 Å². The number of likely N-dealkylation sites (N-methyl/N-ethyl adjacent to an activating group) is 1. The lowest BCUT2D eigenvalue weighted by molar-refractivity contribution is -0.137. The molecule has 4 heterocycles. The van der Waals surface area contributed by atoms with E-state index in [1.54, 1.807) is 18.4 Å². The SMILES string of the molecule is CC1C=C(F)C=C(C2C=C(OC3CCN(c4ccc(C(F)(F)F)cn4)CC3C)N(C3=NC=CCC3)N2C)C1. The number of ether oxygens (including phenoxy) is 1. The number of allylic oxidation sites excluding steroid dienone is 4. The van der Waals surface area contributed by atoms with Crippen LogP contribution < -0.4 is 4.90 Å². The quantitative estimate of drug-likeness (QED) is 0.431. The smallest absolute Gasteiger partial charge is 0.417 e. The molecular weight excluding hydrogens is 498 g/mol. The number of aliphatic imine (C=N–C) groups is 1. The Morgan fingerprint density at radius 1 is 1.13 bits per heavy atom. The average Bonchev–Trinajstić information content (AvgIpc) is 3.20. The lowest BCUT2D eigenvalue weighted by Gasteiger charge is -2.40. The van der Waals surface area contributed by atoms with Crippen molar-refractivity contribution in [3.63, 3.8) is 0 Å². The normalized spacial score (nSPS) is 28.6. The molecule has 4 unspecified atom stereocenters. The van der Waals surface area contributed by atoms with Crippen molar-refractivity contribution < 1.29 is 22.3 Å². The number of alkyl halides is 3. The van der Waals surface area contributed by atoms with Crippen molar-refractivity contribution in [2.45, 2.75) is 57.9 Å². The van der Waals surface area contributed by atoms with Gasteiger partial charge in [0.25, 0.3) is 0 Å². The Labute approximate surface area is 220 Å². The van der Waals surface area contributed by atoms with Gasteiger partial charge in [0, 0.05) is 57.4 Å². The molecule has 1 aliphatic carbocycles. The Morgan fingerprint density at radius 2 is 1.95 bits per heavy atom. The third-order valence-electron chi connectivity index (χ3n) is 7.54. The fraction of sp³-hybridized carbons (Fsp3) is 0.500. The Kier molecular flexibility index (Phi) is 7.35. The molecule has 0 saturated carbocycles. The van der Waals surface area contributed by atoms with Gasteiger partial charge in [-0.25, -0.2) is 24.4 Å². The predicted molar refractivity (Wildman–Crippen MR) is 138 cm³/mol. The molecule has 204 valence electrons. The number of hydrogen-bond donors (Lipinski definition) is 0. The molecule has 3 aliphatic heterocycles. The highest BCUT2D eigenvalue weighted by Crippen LogP contribution is 2.37. The molecule has 0 aromatic carbocycles. The average molecular weight is 532 g/mol. The molecule has 0 radical (unpaired) electrons. The van der Waals surface area contributed by atoms with Gasteiger partial charge in [-0.15, -0.1) is 0 Å². The third-order valence-corrected chi connectivity index (χ3v) is 7.54. The molecule has 0 spiro atoms. The van der Waals surface area contributed by atoms with Gasteiger partial charge in [0.05, 0.1) is 11.6 Å². The van der Waals surface area contributed by atoms with Crippen LogP contribution in [0.3, 0.4) is 0 Å². The zero-order valence-electron chi connectivity index (χ0n) is 21.8. The van der Waals surface area contributed by atoms with Gasteiger partial charge in [-0.05, 0) is 48.6 Å². The number of aromatic nitrogens is 1. The number of nitrogens with zero attached hydrogens (tertiary/aromatic N) is 5. The number of piperidine rings is 1. The second-order valence-corrected chi connectivity index (χ2v) is 10.5. The summed E-state index contributed by atoms with van der Waals surface area (Å²) in [5.41, 5.74) is 0.240. The number of hydrogen-bond acceptors (Lipinski definition) is 6. The van der Waals surface area contributed by atoms with Gasteiger partial charge >= 0.3 is 6.18 Å². The van der Waals surface area contributed by atoms with Crippen LogP contribution in [0.4, 0.5) is 23.4 Å². The first-order valence-corrected chi connectivity index (χ1v) is 13.1. The molecule has 1 aromatic heterocycles. The van der Waals surface area contributed by atoms with Crippen molar-refractivity contribution in [3.05, 3.63) is 71.7 Å². The molecule has 0 amide bonds. The molecular formula is C28H33F4N5O. The maximum Gasteiger partial charge on any atom is 0.417 e. The molecule has 1 fully saturated rings. The van der Waals surface area contributed by atoms with E-state index in [4.69, 9.17) is 4.74 Å². The lowest BCUT2D eigenvalue weighted by atomic mass is 9.90. The van der Waals surface area contributed by atoms with Crippen LogP contribution in [0.15, 0.2) is 71.1 Å². The van der Waals surface area contributed by atoms with E-state index in [1.165, 1.54) is 6.07 Å². The van der Waals surface area contributed by atoms with Gasteiger partial charge in [-0.1, -0.05) is 19.9 Å². The highest BCUT2D eigenvalue weighted by Gasteiger charge is 2.39. The van der Waals surface area contributed by atoms with Crippen molar-refractivity contribution in [1.29, 1.82) is 0 Å². The molecule has 5 rings (SSSR count). The molecule has 38 heavy (non-hydrogen) atoms. The van der Waals surface area contributed by atoms with Gasteiger partial charge in [0.15, 0.2) is 0 Å². The number of hydrazine groups is 1. The minimum Gasteiger partial charge on any atom is -0.474 e. The van der Waals surface area contributed by atoms with Gasteiger partial charge in [0.1, 0.15) is 23.6 Å². The fourth-order valence-corrected chi connectivity index (χ4v) is 5.59. The second-order valence-electron chi connectivity index (χ2n) is 10.5. The van der Waals surface area contributed by atoms with E-state index in [0.29, 0.717) is 31.2 Å². The van der Waals surface area contributed by atoms with Crippen LogP contribution in [-0.4, -0.2) is 53.1 Å². The van der Waals surface area contributed by atoms with E-state index in [0.717, 1.165) is 42.9 Å². The number of amidine groups is 1. The molecule has 4 aliphatic rings. The first kappa shape index (κ1) is 26.5. The summed E-state index contributed by atoms with van der Waals surface area (Å²) in [6.45, 7) is 5.31. The highest BCUT2D eigenvalue weighted by molar-refractivity contribution is 5.85. The maximum atomic E-state index is 14.3. The van der Waals surface area contributed by atoms with Crippen molar-refractivity contribution in [1.82, 2.24) is 15.0 Å². The Balaban J connectivity index is 1.33. The summed E-state index contributed by atoms with van der Waals surface area (Å²) in [7, 11) is 1.97. The second kappa shape index (κ2) is 10.6. The van der Waals surface area contributed by atoms with E-state index in [2.05, 4.69) is 28.0 Å². The Morgan fingerprint density at radius 3 is 2.58 bits per heavy atom. The summed E-state index contributed by atoms with van der Waals surface area (Å²) in [4.78, 5) is 10.7. The zero-order chi connectivity index (χ0) is 27.0. The lowest BCUT2D eigenvalue weighted by Crippen LogP contribution is -2.47. The van der Waals surface area contributed by atoms with Crippen LogP contribution in [0.25, 0.3) is 0 Å². The van der Waals surface area contributed by atoms with Crippen LogP contribution in [-0.2, 0) is 10.9 Å². The van der Waals surface area contributed by atoms with E-state index in [9.17, 15) is 17.6 Å². The van der Waals surface area contributed by atoms with Crippen molar-refractivity contribution in [3.8, 4) is 0 Å². The van der Waals surface area contributed by atoms with Crippen LogP contribution in [0.2, 0.25) is 0 Å². The standard InChI is InChI=1S/C28H33F4N5O/c1-18-12-20(14-22(29)13-18)23-15-27(37(35(23)3)26-6-4-5-10-33-26)38-24-9-11-36(17-19(24)2)25-8-7-21(16-34-25)28(30,31)32/h5,7-8,10,13-16,18-19,23-24H,4,6,9,11-12,17H2,1-3H3. The number of halogens is 4. The summed E-state index contributed by atoms with van der Waals surface area (Å²) in [5, 5.41) is 4.07. The van der Waals surface area contributed by atoms with Crippen LogP contribution in [0, 0.1) is 11.8 Å². The molecule has 6 nitrogen and oxygen atoms in total. The summed E-state index contributed by atoms with van der Waals surface area (Å²) < 4.78 is 59.7. The first-order valence-electron chi connectivity index (χ1n) is 13.1. The van der Waals surface area contributed by atoms with Gasteiger partial charge in [0.2, 0.25) is 5.88 Å². The highest BCUT2D eigenvalue weighted by atomic mass is 19.4. The number of pyridine rings is 1. The minimum absolute atomic E-state index is 0.0995. The van der Waals surface area contributed by atoms with Crippen LogP contribution in [0.5, 0.6) is 0 Å². The molecule has 0 bridgehead atoms. The third kappa shape index (κ3) is 5.50. The van der Waals surface area contributed by atoms with Crippen molar-refractivity contribution >= 4 is 11.7 Å². The van der Waals surface area contributed by atoms with Crippen molar-refractivity contribution in [2.24, 2.45) is 16.8 Å². The number of anilines is 1. The van der Waals surface area contributed by atoms with Crippen LogP contribution in [0.1, 0.15) is 45.1 Å². The minimum atomic E-state index is -4.41. The molecule has 1 saturated heterocycles. The summed E-state index contributed by atoms with van der Waals surface area (Å²) in [5.74, 6) is 2.10. The summed E-state index contributed by atoms with van der Waals surface area (Å²) >= 11 is 0.